The van der Waals surface area contributed by atoms with Crippen LogP contribution in [0.5, 0.6) is 0 Å². The number of thioether (sulfide) groups is 1. The third-order valence-electron chi connectivity index (χ3n) is 6.54. The van der Waals surface area contributed by atoms with Crippen LogP contribution in [0.25, 0.3) is 10.8 Å². The number of amides is 3. The second-order valence-electron chi connectivity index (χ2n) is 9.30. The van der Waals surface area contributed by atoms with Gasteiger partial charge in [0.1, 0.15) is 5.25 Å². The molecule has 5 rings (SSSR count). The lowest BCUT2D eigenvalue weighted by Crippen LogP contribution is -2.22. The van der Waals surface area contributed by atoms with Gasteiger partial charge in [0.25, 0.3) is 11.8 Å². The number of aromatic carboxylic acids is 1. The molecule has 0 bridgehead atoms. The van der Waals surface area contributed by atoms with E-state index < -0.39 is 23.0 Å². The topological polar surface area (TPSA) is 139 Å². The summed E-state index contributed by atoms with van der Waals surface area (Å²) in [5, 5.41) is 15.7. The number of carboxylic acids is 1. The first-order valence-corrected chi connectivity index (χ1v) is 13.8. The van der Waals surface area contributed by atoms with E-state index in [1.54, 1.807) is 78.9 Å². The molecule has 0 radical (unpaired) electrons. The number of carbonyl (C=O) groups is 4. The highest BCUT2D eigenvalue weighted by Gasteiger charge is 2.24. The highest BCUT2D eigenvalue weighted by molar-refractivity contribution is 8.00. The van der Waals surface area contributed by atoms with Gasteiger partial charge in [-0.15, -0.1) is 11.8 Å². The Morgan fingerprint density at radius 2 is 1.29 bits per heavy atom. The van der Waals surface area contributed by atoms with E-state index in [4.69, 9.17) is 5.73 Å². The number of nitrogens with two attached hydrogens (primary N) is 1. The van der Waals surface area contributed by atoms with E-state index in [0.29, 0.717) is 22.1 Å². The van der Waals surface area contributed by atoms with Crippen molar-refractivity contribution in [3.05, 3.63) is 138 Å². The van der Waals surface area contributed by atoms with Crippen LogP contribution in [-0.4, -0.2) is 28.8 Å². The molecule has 0 fully saturated rings. The predicted octanol–water partition coefficient (Wildman–Crippen LogP) is 6.36. The van der Waals surface area contributed by atoms with Gasteiger partial charge in [0, 0.05) is 21.5 Å². The molecule has 5 aromatic rings. The fourth-order valence-corrected chi connectivity index (χ4v) is 5.59. The molecule has 42 heavy (non-hydrogen) atoms. The molecular formula is C33H25N3O5S. The van der Waals surface area contributed by atoms with E-state index in [2.05, 4.69) is 10.6 Å². The molecule has 9 heteroatoms. The Bertz CT molecular complexity index is 1800. The molecule has 0 aliphatic rings. The molecule has 5 aromatic carbocycles. The maximum atomic E-state index is 13.5. The summed E-state index contributed by atoms with van der Waals surface area (Å²) in [6, 6.07) is 32.7. The number of hydrogen-bond acceptors (Lipinski definition) is 5. The van der Waals surface area contributed by atoms with Gasteiger partial charge in [-0.2, -0.15) is 0 Å². The van der Waals surface area contributed by atoms with Crippen molar-refractivity contribution in [1.29, 1.82) is 0 Å². The zero-order valence-corrected chi connectivity index (χ0v) is 22.9. The van der Waals surface area contributed by atoms with Crippen LogP contribution >= 0.6 is 11.8 Å². The Morgan fingerprint density at radius 3 is 1.95 bits per heavy atom. The predicted molar refractivity (Wildman–Crippen MR) is 164 cm³/mol. The Kier molecular flexibility index (Phi) is 8.31. The number of hydrogen-bond donors (Lipinski definition) is 4. The molecule has 0 spiro atoms. The van der Waals surface area contributed by atoms with E-state index in [1.165, 1.54) is 17.8 Å². The van der Waals surface area contributed by atoms with Crippen LogP contribution < -0.4 is 16.4 Å². The van der Waals surface area contributed by atoms with Gasteiger partial charge in [0.2, 0.25) is 5.91 Å². The second-order valence-corrected chi connectivity index (χ2v) is 10.5. The number of nitrogens with one attached hydrogen (secondary N) is 2. The quantitative estimate of drug-likeness (QED) is 0.151. The van der Waals surface area contributed by atoms with E-state index in [1.807, 2.05) is 30.3 Å². The minimum atomic E-state index is -1.11. The fraction of sp³-hybridized carbons (Fsp3) is 0.0303. The number of carboxylic acid groups (broad SMARTS) is 1. The third-order valence-corrected chi connectivity index (χ3v) is 7.80. The molecule has 0 aromatic heterocycles. The van der Waals surface area contributed by atoms with Crippen molar-refractivity contribution in [2.75, 3.05) is 10.6 Å². The van der Waals surface area contributed by atoms with E-state index >= 15 is 0 Å². The summed E-state index contributed by atoms with van der Waals surface area (Å²) in [5.74, 6) is -2.53. The van der Waals surface area contributed by atoms with Gasteiger partial charge in [-0.1, -0.05) is 66.7 Å². The summed E-state index contributed by atoms with van der Waals surface area (Å²) >= 11 is 1.31. The zero-order chi connectivity index (χ0) is 29.6. The van der Waals surface area contributed by atoms with Crippen molar-refractivity contribution in [1.82, 2.24) is 0 Å². The normalized spacial score (nSPS) is 11.4. The average Bonchev–Trinajstić information content (AvgIpc) is 3.00. The summed E-state index contributed by atoms with van der Waals surface area (Å²) in [6.07, 6.45) is 0. The van der Waals surface area contributed by atoms with Crippen molar-refractivity contribution >= 4 is 57.6 Å². The van der Waals surface area contributed by atoms with Crippen LogP contribution in [-0.2, 0) is 4.79 Å². The molecule has 0 saturated carbocycles. The van der Waals surface area contributed by atoms with Gasteiger partial charge >= 0.3 is 5.97 Å². The van der Waals surface area contributed by atoms with Crippen molar-refractivity contribution in [2.24, 2.45) is 5.73 Å². The summed E-state index contributed by atoms with van der Waals surface area (Å²) in [6.45, 7) is 0. The fourth-order valence-electron chi connectivity index (χ4n) is 4.57. The number of rotatable bonds is 9. The van der Waals surface area contributed by atoms with Crippen LogP contribution in [0.3, 0.4) is 0 Å². The number of benzene rings is 5. The van der Waals surface area contributed by atoms with Crippen molar-refractivity contribution in [3.63, 3.8) is 0 Å². The summed E-state index contributed by atoms with van der Waals surface area (Å²) in [7, 11) is 0. The van der Waals surface area contributed by atoms with Gasteiger partial charge in [0.05, 0.1) is 16.8 Å². The van der Waals surface area contributed by atoms with Crippen LogP contribution in [0.15, 0.2) is 120 Å². The highest BCUT2D eigenvalue weighted by atomic mass is 32.2. The molecule has 0 heterocycles. The minimum absolute atomic E-state index is 0.0497. The average molecular weight is 576 g/mol. The van der Waals surface area contributed by atoms with Crippen LogP contribution in [0.2, 0.25) is 0 Å². The smallest absolute Gasteiger partial charge is 0.336 e. The monoisotopic (exact) mass is 575 g/mol. The largest absolute Gasteiger partial charge is 0.478 e. The molecule has 0 aliphatic heterocycles. The molecule has 1 atom stereocenters. The van der Waals surface area contributed by atoms with Crippen LogP contribution in [0, 0.1) is 0 Å². The Morgan fingerprint density at radius 1 is 0.667 bits per heavy atom. The number of carbonyl (C=O) groups excluding carboxylic acids is 3. The summed E-state index contributed by atoms with van der Waals surface area (Å²) < 4.78 is 0. The van der Waals surface area contributed by atoms with Crippen LogP contribution in [0.4, 0.5) is 11.4 Å². The minimum Gasteiger partial charge on any atom is -0.478 e. The first-order chi connectivity index (χ1) is 20.3. The zero-order valence-electron chi connectivity index (χ0n) is 22.1. The Labute approximate surface area is 245 Å². The molecule has 208 valence electrons. The number of fused-ring (bicyclic) bond motifs is 1. The molecule has 0 aliphatic carbocycles. The lowest BCUT2D eigenvalue weighted by Gasteiger charge is -2.18. The van der Waals surface area contributed by atoms with E-state index in [-0.39, 0.29) is 22.6 Å². The van der Waals surface area contributed by atoms with Crippen molar-refractivity contribution in [2.45, 2.75) is 10.1 Å². The number of anilines is 2. The van der Waals surface area contributed by atoms with Gasteiger partial charge in [-0.25, -0.2) is 4.79 Å². The number of para-hydroxylation sites is 1. The van der Waals surface area contributed by atoms with Gasteiger partial charge in [0.15, 0.2) is 0 Å². The van der Waals surface area contributed by atoms with E-state index in [0.717, 1.165) is 10.5 Å². The maximum Gasteiger partial charge on any atom is 0.336 e. The standard InChI is InChI=1S/C33H25N3O5S/c34-30(37)24-12-4-5-15-27(24)36-32(39)29(21-8-2-1-3-9-21)42-23-18-16-22(17-19-23)35-31(38)25-13-6-10-20-11-7-14-26(28(20)25)33(40)41/h1-19,29H,(H2,34,37)(H,35,38)(H,36,39)(H,40,41). The van der Waals surface area contributed by atoms with Crippen molar-refractivity contribution < 1.29 is 24.3 Å². The lowest BCUT2D eigenvalue weighted by molar-refractivity contribution is -0.115. The first-order valence-electron chi connectivity index (χ1n) is 12.9. The molecule has 8 nitrogen and oxygen atoms in total. The Hall–Kier alpha value is -5.41. The molecular weight excluding hydrogens is 550 g/mol. The second kappa shape index (κ2) is 12.4. The summed E-state index contributed by atoms with van der Waals surface area (Å²) in [5.41, 5.74) is 7.59. The van der Waals surface area contributed by atoms with E-state index in [9.17, 15) is 24.3 Å². The molecule has 3 amide bonds. The molecule has 1 unspecified atom stereocenters. The number of primary amides is 1. The SMILES string of the molecule is NC(=O)c1ccccc1NC(=O)C(Sc1ccc(NC(=O)c2cccc3cccc(C(=O)O)c23)cc1)c1ccccc1. The van der Waals surface area contributed by atoms with Gasteiger partial charge in [-0.05, 0) is 59.5 Å². The van der Waals surface area contributed by atoms with Gasteiger partial charge < -0.3 is 21.5 Å². The maximum absolute atomic E-state index is 13.5. The van der Waals surface area contributed by atoms with Gasteiger partial charge in [-0.3, -0.25) is 14.4 Å². The first kappa shape index (κ1) is 28.1. The Balaban J connectivity index is 1.36. The molecule has 5 N–H and O–H groups in total. The van der Waals surface area contributed by atoms with Crippen molar-refractivity contribution in [3.8, 4) is 0 Å². The highest BCUT2D eigenvalue weighted by Crippen LogP contribution is 2.37. The van der Waals surface area contributed by atoms with Crippen LogP contribution in [0.1, 0.15) is 41.9 Å². The summed E-state index contributed by atoms with van der Waals surface area (Å²) in [4.78, 5) is 51.1. The lowest BCUT2D eigenvalue weighted by atomic mass is 9.98. The molecule has 0 saturated heterocycles. The third kappa shape index (κ3) is 6.16.